The fourth-order valence-corrected chi connectivity index (χ4v) is 4.58. The summed E-state index contributed by atoms with van der Waals surface area (Å²) in [5.41, 5.74) is 0.636. The number of methoxy groups -OCH3 is 2. The molecule has 2 bridgehead atoms. The van der Waals surface area contributed by atoms with Crippen molar-refractivity contribution in [2.75, 3.05) is 48.0 Å². The van der Waals surface area contributed by atoms with E-state index in [1.807, 2.05) is 6.92 Å². The van der Waals surface area contributed by atoms with Gasteiger partial charge in [-0.25, -0.2) is 0 Å². The van der Waals surface area contributed by atoms with Gasteiger partial charge in [0.1, 0.15) is 18.5 Å². The first kappa shape index (κ1) is 25.9. The zero-order valence-corrected chi connectivity index (χ0v) is 20.7. The van der Waals surface area contributed by atoms with Gasteiger partial charge in [-0.15, -0.1) is 0 Å². The van der Waals surface area contributed by atoms with E-state index >= 15 is 0 Å². The molecule has 0 radical (unpaired) electrons. The third-order valence-electron chi connectivity index (χ3n) is 6.81. The Hall–Kier alpha value is -2.67. The largest absolute Gasteiger partial charge is 0.490 e. The maximum Gasteiger partial charge on any atom is 0.257 e. The van der Waals surface area contributed by atoms with Crippen LogP contribution in [0.1, 0.15) is 42.1 Å². The van der Waals surface area contributed by atoms with Crippen LogP contribution in [0.25, 0.3) is 0 Å². The minimum atomic E-state index is -0.488. The molecule has 0 unspecified atom stereocenters. The maximum atomic E-state index is 13.4. The van der Waals surface area contributed by atoms with Crippen molar-refractivity contribution < 1.29 is 28.5 Å². The molecule has 9 nitrogen and oxygen atoms in total. The van der Waals surface area contributed by atoms with E-state index in [9.17, 15) is 14.9 Å². The molecular weight excluding hydrogens is 438 g/mol. The van der Waals surface area contributed by atoms with E-state index in [0.717, 1.165) is 12.8 Å². The zero-order chi connectivity index (χ0) is 24.8. The number of nitriles is 1. The summed E-state index contributed by atoms with van der Waals surface area (Å²) in [6, 6.07) is 6.86. The quantitative estimate of drug-likeness (QED) is 0.648. The maximum absolute atomic E-state index is 13.4. The van der Waals surface area contributed by atoms with E-state index in [-0.39, 0.29) is 48.8 Å². The monoisotopic (exact) mass is 473 g/mol. The minimum absolute atomic E-state index is 0.0233. The smallest absolute Gasteiger partial charge is 0.257 e. The number of benzene rings is 1. The number of amides is 2. The lowest BCUT2D eigenvalue weighted by molar-refractivity contribution is -0.147. The van der Waals surface area contributed by atoms with Crippen LogP contribution < -0.4 is 4.74 Å². The molecule has 2 amide bonds. The highest BCUT2D eigenvalue weighted by Gasteiger charge is 2.34. The number of hydrogen-bond acceptors (Lipinski definition) is 7. The lowest BCUT2D eigenvalue weighted by Gasteiger charge is -2.37. The number of nitrogens with zero attached hydrogens (tertiary/aromatic N) is 3. The highest BCUT2D eigenvalue weighted by Crippen LogP contribution is 2.28. The molecule has 5 atom stereocenters. The average molecular weight is 474 g/mol. The van der Waals surface area contributed by atoms with Gasteiger partial charge in [0.25, 0.3) is 5.91 Å². The van der Waals surface area contributed by atoms with Crippen molar-refractivity contribution in [2.45, 2.75) is 50.6 Å². The minimum Gasteiger partial charge on any atom is -0.490 e. The standard InChI is InChI=1S/C25H35N3O6/c1-16-22(32-5)14-28(3)25(30)19-12-17(13-26)6-8-20(19)33-15-23-21(31-4)9-7-18(34-23)10-11-27(2)24(16)29/h6,8,12,16,18,21-23H,7,9-11,14-15H2,1-5H3/t16-,18-,21-,22+,23-/m1/s1. The third kappa shape index (κ3) is 5.87. The Bertz CT molecular complexity index is 916. The number of carbonyl (C=O) groups is 2. The van der Waals surface area contributed by atoms with Gasteiger partial charge in [-0.3, -0.25) is 9.59 Å². The molecule has 0 aliphatic carbocycles. The topological polar surface area (TPSA) is 101 Å². The molecule has 1 saturated heterocycles. The molecule has 0 N–H and O–H groups in total. The molecule has 34 heavy (non-hydrogen) atoms. The van der Waals surface area contributed by atoms with Crippen molar-refractivity contribution in [3.05, 3.63) is 29.3 Å². The van der Waals surface area contributed by atoms with Crippen LogP contribution in [0.15, 0.2) is 18.2 Å². The number of likely N-dealkylation sites (N-methyl/N-ethyl adjacent to an activating group) is 1. The van der Waals surface area contributed by atoms with Crippen molar-refractivity contribution in [2.24, 2.45) is 5.92 Å². The summed E-state index contributed by atoms with van der Waals surface area (Å²) < 4.78 is 23.6. The zero-order valence-electron chi connectivity index (χ0n) is 20.7. The Morgan fingerprint density at radius 3 is 2.47 bits per heavy atom. The molecular formula is C25H35N3O6. The van der Waals surface area contributed by atoms with E-state index in [1.54, 1.807) is 38.2 Å². The number of fused-ring (bicyclic) bond motifs is 3. The van der Waals surface area contributed by atoms with Crippen LogP contribution in [0.4, 0.5) is 0 Å². The summed E-state index contributed by atoms with van der Waals surface area (Å²) in [7, 11) is 6.62. The van der Waals surface area contributed by atoms with Crippen LogP contribution in [-0.2, 0) is 19.0 Å². The van der Waals surface area contributed by atoms with Gasteiger partial charge in [-0.1, -0.05) is 6.92 Å². The second-order valence-electron chi connectivity index (χ2n) is 9.08. The summed E-state index contributed by atoms with van der Waals surface area (Å²) in [6.45, 7) is 2.80. The second kappa shape index (κ2) is 11.6. The first-order valence-electron chi connectivity index (χ1n) is 11.7. The van der Waals surface area contributed by atoms with Gasteiger partial charge in [0.2, 0.25) is 5.91 Å². The van der Waals surface area contributed by atoms with Crippen molar-refractivity contribution in [1.82, 2.24) is 9.80 Å². The predicted molar refractivity (Wildman–Crippen MR) is 125 cm³/mol. The Labute approximate surface area is 201 Å². The molecule has 0 aromatic heterocycles. The SMILES string of the molecule is CO[C@H]1CN(C)C(=O)c2cc(C#N)ccc2OC[C@H]2O[C@H](CC[C@H]2OC)CCN(C)C(=O)[C@@H]1C. The first-order chi connectivity index (χ1) is 16.3. The van der Waals surface area contributed by atoms with E-state index < -0.39 is 12.0 Å². The van der Waals surface area contributed by atoms with Gasteiger partial charge in [0.05, 0.1) is 41.4 Å². The van der Waals surface area contributed by atoms with Crippen LogP contribution in [0.5, 0.6) is 5.75 Å². The summed E-state index contributed by atoms with van der Waals surface area (Å²) in [5, 5.41) is 9.36. The van der Waals surface area contributed by atoms with Gasteiger partial charge in [0.15, 0.2) is 0 Å². The summed E-state index contributed by atoms with van der Waals surface area (Å²) in [6.07, 6.45) is 1.40. The first-order valence-corrected chi connectivity index (χ1v) is 11.7. The molecule has 0 spiro atoms. The molecule has 1 aromatic carbocycles. The number of hydrogen-bond donors (Lipinski definition) is 0. The van der Waals surface area contributed by atoms with Gasteiger partial charge in [0, 0.05) is 41.4 Å². The van der Waals surface area contributed by atoms with Crippen molar-refractivity contribution in [3.8, 4) is 11.8 Å². The lowest BCUT2D eigenvalue weighted by Crippen LogP contribution is -2.47. The molecule has 2 heterocycles. The van der Waals surface area contributed by atoms with Crippen molar-refractivity contribution in [3.63, 3.8) is 0 Å². The molecule has 0 saturated carbocycles. The van der Waals surface area contributed by atoms with Gasteiger partial charge in [-0.2, -0.15) is 5.26 Å². The van der Waals surface area contributed by atoms with Crippen LogP contribution in [0.2, 0.25) is 0 Å². The molecule has 186 valence electrons. The molecule has 1 aromatic rings. The normalized spacial score (nSPS) is 29.2. The van der Waals surface area contributed by atoms with Gasteiger partial charge < -0.3 is 28.7 Å². The summed E-state index contributed by atoms with van der Waals surface area (Å²) in [4.78, 5) is 29.7. The molecule has 2 aliphatic rings. The summed E-state index contributed by atoms with van der Waals surface area (Å²) >= 11 is 0. The molecule has 3 rings (SSSR count). The third-order valence-corrected chi connectivity index (χ3v) is 6.81. The Morgan fingerprint density at radius 1 is 1.06 bits per heavy atom. The van der Waals surface area contributed by atoms with E-state index in [2.05, 4.69) is 6.07 Å². The Morgan fingerprint density at radius 2 is 1.79 bits per heavy atom. The van der Waals surface area contributed by atoms with Crippen molar-refractivity contribution in [1.29, 1.82) is 5.26 Å². The van der Waals surface area contributed by atoms with Crippen LogP contribution in [0, 0.1) is 17.2 Å². The second-order valence-corrected chi connectivity index (χ2v) is 9.08. The highest BCUT2D eigenvalue weighted by atomic mass is 16.6. The van der Waals surface area contributed by atoms with Crippen molar-refractivity contribution >= 4 is 11.8 Å². The highest BCUT2D eigenvalue weighted by molar-refractivity contribution is 5.97. The number of ether oxygens (including phenoxy) is 4. The van der Waals surface area contributed by atoms with Gasteiger partial charge >= 0.3 is 0 Å². The van der Waals surface area contributed by atoms with E-state index in [0.29, 0.717) is 24.3 Å². The van der Waals surface area contributed by atoms with Crippen LogP contribution in [0.3, 0.4) is 0 Å². The Kier molecular flexibility index (Phi) is 8.89. The van der Waals surface area contributed by atoms with E-state index in [1.165, 1.54) is 18.1 Å². The van der Waals surface area contributed by atoms with Crippen LogP contribution >= 0.6 is 0 Å². The number of carbonyl (C=O) groups excluding carboxylic acids is 2. The average Bonchev–Trinajstić information content (AvgIpc) is 2.86. The lowest BCUT2D eigenvalue weighted by atomic mass is 9.98. The van der Waals surface area contributed by atoms with E-state index in [4.69, 9.17) is 18.9 Å². The molecule has 2 aliphatic heterocycles. The summed E-state index contributed by atoms with van der Waals surface area (Å²) in [5.74, 6) is -0.434. The predicted octanol–water partition coefficient (Wildman–Crippen LogP) is 2.08. The molecule has 9 heteroatoms. The molecule has 1 fully saturated rings. The fourth-order valence-electron chi connectivity index (χ4n) is 4.58. The number of rotatable bonds is 2. The Balaban J connectivity index is 1.96. The fraction of sp³-hybridized carbons (Fsp3) is 0.640. The van der Waals surface area contributed by atoms with Crippen LogP contribution in [-0.4, -0.2) is 94.0 Å². The van der Waals surface area contributed by atoms with Gasteiger partial charge in [-0.05, 0) is 37.5 Å².